The highest BCUT2D eigenvalue weighted by Gasteiger charge is 2.09. The van der Waals surface area contributed by atoms with E-state index in [4.69, 9.17) is 9.47 Å². The molecule has 0 spiro atoms. The molecule has 0 aliphatic carbocycles. The Labute approximate surface area is 161 Å². The van der Waals surface area contributed by atoms with Gasteiger partial charge >= 0.3 is 5.97 Å². The number of rotatable bonds is 6. The Balaban J connectivity index is 1.59. The van der Waals surface area contributed by atoms with Gasteiger partial charge in [-0.25, -0.2) is 4.79 Å². The van der Waals surface area contributed by atoms with Gasteiger partial charge in [0.1, 0.15) is 11.5 Å². The van der Waals surface area contributed by atoms with Crippen LogP contribution in [0.25, 0.3) is 11.1 Å². The first-order valence-corrected chi connectivity index (χ1v) is 9.22. The van der Waals surface area contributed by atoms with E-state index in [1.54, 1.807) is 12.1 Å². The van der Waals surface area contributed by atoms with Crippen molar-refractivity contribution >= 4 is 21.9 Å². The number of benzene rings is 3. The predicted octanol–water partition coefficient (Wildman–Crippen LogP) is 5.66. The van der Waals surface area contributed by atoms with E-state index >= 15 is 0 Å². The van der Waals surface area contributed by atoms with Crippen molar-refractivity contribution in [1.29, 1.82) is 0 Å². The van der Waals surface area contributed by atoms with Crippen molar-refractivity contribution in [2.75, 3.05) is 6.61 Å². The largest absolute Gasteiger partial charge is 0.481 e. The van der Waals surface area contributed by atoms with Gasteiger partial charge in [0.05, 0.1) is 4.47 Å². The summed E-state index contributed by atoms with van der Waals surface area (Å²) in [5, 5.41) is 0. The minimum atomic E-state index is -0.437. The molecule has 0 N–H and O–H groups in total. The van der Waals surface area contributed by atoms with E-state index in [0.29, 0.717) is 11.5 Å². The van der Waals surface area contributed by atoms with E-state index in [2.05, 4.69) is 22.9 Å². The van der Waals surface area contributed by atoms with Crippen molar-refractivity contribution < 1.29 is 14.3 Å². The molecular formula is C22H19BrO3. The first-order chi connectivity index (χ1) is 12.7. The number of ether oxygens (including phenoxy) is 2. The molecule has 4 heteroatoms. The summed E-state index contributed by atoms with van der Waals surface area (Å²) in [6.45, 7) is 1.93. The second-order valence-electron chi connectivity index (χ2n) is 5.77. The number of hydrogen-bond donors (Lipinski definition) is 0. The molecule has 0 bridgehead atoms. The third-order valence-corrected chi connectivity index (χ3v) is 4.57. The summed E-state index contributed by atoms with van der Waals surface area (Å²) in [5.74, 6) is 0.686. The van der Waals surface area contributed by atoms with Gasteiger partial charge in [-0.1, -0.05) is 55.5 Å². The molecule has 0 aliphatic rings. The quantitative estimate of drug-likeness (QED) is 0.388. The predicted molar refractivity (Wildman–Crippen MR) is 107 cm³/mol. The van der Waals surface area contributed by atoms with Crippen LogP contribution in [-0.2, 0) is 11.2 Å². The molecule has 3 rings (SSSR count). The Morgan fingerprint density at radius 3 is 2.31 bits per heavy atom. The highest BCUT2D eigenvalue weighted by atomic mass is 79.9. The standard InChI is InChI=1S/C22H19BrO3/c1-2-16-8-11-19(12-9-16)26-22(24)15-25-21-13-10-18(14-20(21)23)17-6-4-3-5-7-17/h3-14H,2,15H2,1H3. The number of aryl methyl sites for hydroxylation is 1. The van der Waals surface area contributed by atoms with E-state index in [9.17, 15) is 4.79 Å². The molecule has 3 aromatic carbocycles. The van der Waals surface area contributed by atoms with Crippen LogP contribution in [0, 0.1) is 0 Å². The van der Waals surface area contributed by atoms with Crippen LogP contribution in [0.3, 0.4) is 0 Å². The lowest BCUT2D eigenvalue weighted by molar-refractivity contribution is -0.136. The first kappa shape index (κ1) is 18.2. The summed E-state index contributed by atoms with van der Waals surface area (Å²) < 4.78 is 11.7. The molecule has 0 saturated carbocycles. The average molecular weight is 411 g/mol. The Bertz CT molecular complexity index is 874. The minimum Gasteiger partial charge on any atom is -0.481 e. The SMILES string of the molecule is CCc1ccc(OC(=O)COc2ccc(-c3ccccc3)cc2Br)cc1. The summed E-state index contributed by atoms with van der Waals surface area (Å²) in [6, 6.07) is 23.3. The molecule has 0 atom stereocenters. The Kier molecular flexibility index (Phi) is 6.08. The van der Waals surface area contributed by atoms with E-state index in [1.165, 1.54) is 5.56 Å². The van der Waals surface area contributed by atoms with Gasteiger partial charge in [-0.3, -0.25) is 0 Å². The third-order valence-electron chi connectivity index (χ3n) is 3.95. The van der Waals surface area contributed by atoms with Gasteiger partial charge in [0.2, 0.25) is 0 Å². The normalized spacial score (nSPS) is 10.4. The summed E-state index contributed by atoms with van der Waals surface area (Å²) in [7, 11) is 0. The number of halogens is 1. The van der Waals surface area contributed by atoms with Gasteiger partial charge in [-0.2, -0.15) is 0 Å². The molecule has 0 radical (unpaired) electrons. The van der Waals surface area contributed by atoms with Crippen molar-refractivity contribution in [3.8, 4) is 22.6 Å². The van der Waals surface area contributed by atoms with Gasteiger partial charge in [-0.05, 0) is 63.3 Å². The van der Waals surface area contributed by atoms with Crippen molar-refractivity contribution in [3.63, 3.8) is 0 Å². The summed E-state index contributed by atoms with van der Waals surface area (Å²) >= 11 is 3.50. The smallest absolute Gasteiger partial charge is 0.349 e. The fourth-order valence-electron chi connectivity index (χ4n) is 2.52. The molecule has 0 fully saturated rings. The Morgan fingerprint density at radius 2 is 1.65 bits per heavy atom. The lowest BCUT2D eigenvalue weighted by Gasteiger charge is -2.10. The maximum atomic E-state index is 12.0. The van der Waals surface area contributed by atoms with Crippen LogP contribution >= 0.6 is 15.9 Å². The third kappa shape index (κ3) is 4.73. The maximum absolute atomic E-state index is 12.0. The van der Waals surface area contributed by atoms with Crippen LogP contribution in [-0.4, -0.2) is 12.6 Å². The average Bonchev–Trinajstić information content (AvgIpc) is 2.68. The molecule has 0 amide bonds. The molecule has 0 unspecified atom stereocenters. The highest BCUT2D eigenvalue weighted by Crippen LogP contribution is 2.30. The molecule has 0 aromatic heterocycles. The summed E-state index contributed by atoms with van der Waals surface area (Å²) in [4.78, 5) is 12.0. The molecular weight excluding hydrogens is 392 g/mol. The molecule has 26 heavy (non-hydrogen) atoms. The fraction of sp³-hybridized carbons (Fsp3) is 0.136. The molecule has 0 saturated heterocycles. The lowest BCUT2D eigenvalue weighted by Crippen LogP contribution is -2.17. The zero-order chi connectivity index (χ0) is 18.4. The van der Waals surface area contributed by atoms with E-state index in [0.717, 1.165) is 22.0 Å². The second-order valence-corrected chi connectivity index (χ2v) is 6.63. The van der Waals surface area contributed by atoms with E-state index in [-0.39, 0.29) is 6.61 Å². The molecule has 0 aliphatic heterocycles. The Hall–Kier alpha value is -2.59. The molecule has 0 heterocycles. The molecule has 3 nitrogen and oxygen atoms in total. The van der Waals surface area contributed by atoms with Gasteiger partial charge in [0.25, 0.3) is 0 Å². The van der Waals surface area contributed by atoms with Crippen molar-refractivity contribution in [2.45, 2.75) is 13.3 Å². The van der Waals surface area contributed by atoms with Crippen LogP contribution in [0.5, 0.6) is 11.5 Å². The topological polar surface area (TPSA) is 35.5 Å². The first-order valence-electron chi connectivity index (χ1n) is 8.43. The van der Waals surface area contributed by atoms with Gasteiger partial charge in [0, 0.05) is 0 Å². The minimum absolute atomic E-state index is 0.154. The van der Waals surface area contributed by atoms with Crippen LogP contribution in [0.1, 0.15) is 12.5 Å². The molecule has 3 aromatic rings. The summed E-state index contributed by atoms with van der Waals surface area (Å²) in [6.07, 6.45) is 0.949. The zero-order valence-electron chi connectivity index (χ0n) is 14.4. The number of esters is 1. The highest BCUT2D eigenvalue weighted by molar-refractivity contribution is 9.10. The van der Waals surface area contributed by atoms with Crippen molar-refractivity contribution in [1.82, 2.24) is 0 Å². The van der Waals surface area contributed by atoms with Crippen molar-refractivity contribution in [3.05, 3.63) is 82.8 Å². The fourth-order valence-corrected chi connectivity index (χ4v) is 3.01. The number of carbonyl (C=O) groups is 1. The van der Waals surface area contributed by atoms with E-state index in [1.807, 2.05) is 60.7 Å². The number of hydrogen-bond acceptors (Lipinski definition) is 3. The van der Waals surface area contributed by atoms with E-state index < -0.39 is 5.97 Å². The van der Waals surface area contributed by atoms with Crippen LogP contribution in [0.15, 0.2) is 77.3 Å². The Morgan fingerprint density at radius 1 is 0.923 bits per heavy atom. The molecule has 132 valence electrons. The maximum Gasteiger partial charge on any atom is 0.349 e. The number of carbonyl (C=O) groups excluding carboxylic acids is 1. The lowest BCUT2D eigenvalue weighted by atomic mass is 10.1. The second kappa shape index (κ2) is 8.68. The van der Waals surface area contributed by atoms with Gasteiger partial charge < -0.3 is 9.47 Å². The van der Waals surface area contributed by atoms with Crippen LogP contribution < -0.4 is 9.47 Å². The van der Waals surface area contributed by atoms with Crippen LogP contribution in [0.4, 0.5) is 0 Å². The summed E-state index contributed by atoms with van der Waals surface area (Å²) in [5.41, 5.74) is 3.39. The van der Waals surface area contributed by atoms with Gasteiger partial charge in [0.15, 0.2) is 6.61 Å². The van der Waals surface area contributed by atoms with Crippen molar-refractivity contribution in [2.24, 2.45) is 0 Å². The van der Waals surface area contributed by atoms with Crippen LogP contribution in [0.2, 0.25) is 0 Å². The van der Waals surface area contributed by atoms with Gasteiger partial charge in [-0.15, -0.1) is 0 Å². The zero-order valence-corrected chi connectivity index (χ0v) is 16.0. The monoisotopic (exact) mass is 410 g/mol.